The number of rotatable bonds is 5. The van der Waals surface area contributed by atoms with Gasteiger partial charge in [0.25, 0.3) is 5.56 Å². The van der Waals surface area contributed by atoms with E-state index < -0.39 is 0 Å². The highest BCUT2D eigenvalue weighted by molar-refractivity contribution is 7.15. The van der Waals surface area contributed by atoms with Crippen LogP contribution in [0.5, 0.6) is 5.75 Å². The number of hydrogen-bond donors (Lipinski definition) is 0. The summed E-state index contributed by atoms with van der Waals surface area (Å²) in [6.45, 7) is 4.05. The molecule has 0 fully saturated rings. The summed E-state index contributed by atoms with van der Waals surface area (Å²) in [5.41, 5.74) is 1.37. The van der Waals surface area contributed by atoms with Crippen LogP contribution in [0.25, 0.3) is 22.4 Å². The Bertz CT molecular complexity index is 1250. The van der Waals surface area contributed by atoms with Crippen LogP contribution < -0.4 is 14.8 Å². The van der Waals surface area contributed by atoms with Crippen molar-refractivity contribution in [2.45, 2.75) is 0 Å². The van der Waals surface area contributed by atoms with E-state index in [-0.39, 0.29) is 5.56 Å². The number of aromatic nitrogens is 3. The molecule has 2 heterocycles. The molecule has 0 unspecified atom stereocenters. The third kappa shape index (κ3) is 3.49. The van der Waals surface area contributed by atoms with E-state index in [0.717, 1.165) is 11.1 Å². The Kier molecular flexibility index (Phi) is 4.75. The van der Waals surface area contributed by atoms with Crippen LogP contribution in [0, 0.1) is 0 Å². The van der Waals surface area contributed by atoms with Crippen LogP contribution in [0.2, 0.25) is 5.02 Å². The molecule has 0 spiro atoms. The Morgan fingerprint density at radius 2 is 2.07 bits per heavy atom. The van der Waals surface area contributed by atoms with Gasteiger partial charge in [-0.2, -0.15) is 9.50 Å². The highest BCUT2D eigenvalue weighted by atomic mass is 35.5. The second kappa shape index (κ2) is 7.34. The number of benzene rings is 2. The summed E-state index contributed by atoms with van der Waals surface area (Å²) in [6.07, 6.45) is 3.47. The average molecular weight is 396 g/mol. The summed E-state index contributed by atoms with van der Waals surface area (Å²) < 4.78 is 7.50. The molecule has 5 nitrogen and oxygen atoms in total. The molecule has 0 bridgehead atoms. The first-order chi connectivity index (χ1) is 13.2. The molecule has 0 saturated carbocycles. The predicted octanol–water partition coefficient (Wildman–Crippen LogP) is 3.58. The van der Waals surface area contributed by atoms with Gasteiger partial charge in [-0.05, 0) is 24.3 Å². The van der Waals surface area contributed by atoms with Gasteiger partial charge in [0.05, 0.1) is 4.53 Å². The van der Waals surface area contributed by atoms with Crippen molar-refractivity contribution >= 4 is 34.0 Å². The van der Waals surface area contributed by atoms with Gasteiger partial charge in [-0.15, -0.1) is 5.10 Å². The molecule has 134 valence electrons. The Morgan fingerprint density at radius 3 is 2.85 bits per heavy atom. The van der Waals surface area contributed by atoms with E-state index >= 15 is 0 Å². The fourth-order valence-corrected chi connectivity index (χ4v) is 3.69. The van der Waals surface area contributed by atoms with Crippen LogP contribution in [-0.2, 0) is 0 Å². The van der Waals surface area contributed by atoms with Crippen molar-refractivity contribution in [1.29, 1.82) is 0 Å². The van der Waals surface area contributed by atoms with E-state index in [1.165, 1.54) is 15.9 Å². The van der Waals surface area contributed by atoms with Crippen molar-refractivity contribution in [3.8, 4) is 17.1 Å². The summed E-state index contributed by atoms with van der Waals surface area (Å²) in [5, 5.41) is 4.93. The molecule has 0 radical (unpaired) electrons. The maximum absolute atomic E-state index is 12.7. The van der Waals surface area contributed by atoms with E-state index in [1.807, 2.05) is 36.4 Å². The van der Waals surface area contributed by atoms with Gasteiger partial charge < -0.3 is 4.74 Å². The summed E-state index contributed by atoms with van der Waals surface area (Å²) in [7, 11) is 0. The van der Waals surface area contributed by atoms with Crippen molar-refractivity contribution in [2.75, 3.05) is 6.61 Å². The first kappa shape index (κ1) is 17.5. The topological polar surface area (TPSA) is 56.5 Å². The Morgan fingerprint density at radius 1 is 1.22 bits per heavy atom. The first-order valence-electron chi connectivity index (χ1n) is 8.15. The molecule has 7 heteroatoms. The van der Waals surface area contributed by atoms with Crippen LogP contribution in [-0.4, -0.2) is 21.2 Å². The van der Waals surface area contributed by atoms with Crippen molar-refractivity contribution in [3.05, 3.63) is 86.7 Å². The van der Waals surface area contributed by atoms with Crippen molar-refractivity contribution in [3.63, 3.8) is 0 Å². The molecule has 0 aliphatic rings. The molecule has 0 aliphatic carbocycles. The van der Waals surface area contributed by atoms with Crippen LogP contribution in [0.3, 0.4) is 0 Å². The zero-order chi connectivity index (χ0) is 18.8. The largest absolute Gasteiger partial charge is 0.489 e. The van der Waals surface area contributed by atoms with Crippen LogP contribution in [0.4, 0.5) is 0 Å². The van der Waals surface area contributed by atoms with Crippen molar-refractivity contribution < 1.29 is 4.74 Å². The summed E-state index contributed by atoms with van der Waals surface area (Å²) in [4.78, 5) is 17.7. The van der Waals surface area contributed by atoms with Crippen molar-refractivity contribution in [1.82, 2.24) is 14.6 Å². The average Bonchev–Trinajstić information content (AvgIpc) is 3.21. The lowest BCUT2D eigenvalue weighted by atomic mass is 10.2. The summed E-state index contributed by atoms with van der Waals surface area (Å²) in [6, 6.07) is 14.8. The molecule has 27 heavy (non-hydrogen) atoms. The number of ether oxygens (including phenoxy) is 1. The molecule has 0 saturated heterocycles. The van der Waals surface area contributed by atoms with E-state index in [4.69, 9.17) is 16.3 Å². The molecule has 0 N–H and O–H groups in total. The highest BCUT2D eigenvalue weighted by Crippen LogP contribution is 2.21. The molecular formula is C20H14ClN3O2S. The highest BCUT2D eigenvalue weighted by Gasteiger charge is 2.12. The van der Waals surface area contributed by atoms with Crippen molar-refractivity contribution in [2.24, 2.45) is 0 Å². The van der Waals surface area contributed by atoms with Gasteiger partial charge >= 0.3 is 0 Å². The minimum absolute atomic E-state index is 0.214. The number of fused-ring (bicyclic) bond motifs is 1. The molecule has 0 amide bonds. The van der Waals surface area contributed by atoms with E-state index in [2.05, 4.69) is 16.7 Å². The monoisotopic (exact) mass is 395 g/mol. The number of para-hydroxylation sites is 1. The number of thiazole rings is 1. The second-order valence-corrected chi connectivity index (χ2v) is 7.14. The summed E-state index contributed by atoms with van der Waals surface area (Å²) >= 11 is 7.30. The van der Waals surface area contributed by atoms with Gasteiger partial charge in [0.15, 0.2) is 5.82 Å². The molecule has 2 aromatic carbocycles. The zero-order valence-electron chi connectivity index (χ0n) is 14.1. The van der Waals surface area contributed by atoms with E-state index in [0.29, 0.717) is 32.7 Å². The van der Waals surface area contributed by atoms with Gasteiger partial charge in [0, 0.05) is 16.1 Å². The quantitative estimate of drug-likeness (QED) is 0.485. The zero-order valence-corrected chi connectivity index (χ0v) is 15.7. The Labute approximate surface area is 163 Å². The fraction of sp³-hybridized carbons (Fsp3) is 0.0500. The smallest absolute Gasteiger partial charge is 0.291 e. The number of hydrogen-bond acceptors (Lipinski definition) is 5. The molecule has 2 aromatic heterocycles. The van der Waals surface area contributed by atoms with Crippen LogP contribution in [0.1, 0.15) is 5.56 Å². The minimum atomic E-state index is -0.214. The molecule has 4 rings (SSSR count). The standard InChI is InChI=1S/C20H14ClN3O2S/c1-2-10-26-16-9-4-3-6-13(16)12-17-19(25)24-20(27-17)22-18(23-24)14-7-5-8-15(21)11-14/h2-9,11-12H,1,10H2. The maximum atomic E-state index is 12.7. The van der Waals surface area contributed by atoms with Gasteiger partial charge in [-0.3, -0.25) is 4.79 Å². The minimum Gasteiger partial charge on any atom is -0.489 e. The van der Waals surface area contributed by atoms with Gasteiger partial charge in [-0.25, -0.2) is 0 Å². The van der Waals surface area contributed by atoms with Crippen LogP contribution in [0.15, 0.2) is 66.0 Å². The van der Waals surface area contributed by atoms with E-state index in [9.17, 15) is 4.79 Å². The molecule has 0 atom stereocenters. The van der Waals surface area contributed by atoms with Gasteiger partial charge in [0.1, 0.15) is 12.4 Å². The summed E-state index contributed by atoms with van der Waals surface area (Å²) in [5.74, 6) is 1.16. The lowest BCUT2D eigenvalue weighted by molar-refractivity contribution is 0.362. The lowest BCUT2D eigenvalue weighted by Crippen LogP contribution is -2.23. The molecule has 0 aliphatic heterocycles. The van der Waals surface area contributed by atoms with Gasteiger partial charge in [0.2, 0.25) is 4.96 Å². The third-order valence-electron chi connectivity index (χ3n) is 3.83. The maximum Gasteiger partial charge on any atom is 0.291 e. The molecular weight excluding hydrogens is 382 g/mol. The first-order valence-corrected chi connectivity index (χ1v) is 9.35. The predicted molar refractivity (Wildman–Crippen MR) is 108 cm³/mol. The normalized spacial score (nSPS) is 11.8. The number of halogens is 1. The fourth-order valence-electron chi connectivity index (χ4n) is 2.60. The lowest BCUT2D eigenvalue weighted by Gasteiger charge is -2.05. The Hall–Kier alpha value is -2.96. The third-order valence-corrected chi connectivity index (χ3v) is 5.02. The second-order valence-electron chi connectivity index (χ2n) is 5.69. The Balaban J connectivity index is 1.78. The van der Waals surface area contributed by atoms with Gasteiger partial charge in [-0.1, -0.05) is 65.9 Å². The SMILES string of the molecule is C=CCOc1ccccc1C=c1sc2nc(-c3cccc(Cl)c3)nn2c1=O. The number of nitrogens with zero attached hydrogens (tertiary/aromatic N) is 3. The molecule has 4 aromatic rings. The van der Waals surface area contributed by atoms with E-state index in [1.54, 1.807) is 24.3 Å². The van der Waals surface area contributed by atoms with Crippen LogP contribution >= 0.6 is 22.9 Å².